The zero-order valence-corrected chi connectivity index (χ0v) is 14.3. The summed E-state index contributed by atoms with van der Waals surface area (Å²) < 4.78 is 10.6. The van der Waals surface area contributed by atoms with Gasteiger partial charge in [-0.3, -0.25) is 4.79 Å². The number of nitriles is 1. The Labute approximate surface area is 151 Å². The Morgan fingerprint density at radius 3 is 2.65 bits per heavy atom. The highest BCUT2D eigenvalue weighted by Gasteiger charge is 2.26. The van der Waals surface area contributed by atoms with E-state index in [1.807, 2.05) is 30.3 Å². The molecule has 26 heavy (non-hydrogen) atoms. The Kier molecular flexibility index (Phi) is 5.18. The van der Waals surface area contributed by atoms with Gasteiger partial charge in [0.2, 0.25) is 0 Å². The Bertz CT molecular complexity index is 855. The number of anilines is 1. The number of esters is 1. The lowest BCUT2D eigenvalue weighted by molar-refractivity contribution is -0.154. The molecule has 6 heteroatoms. The van der Waals surface area contributed by atoms with Crippen LogP contribution in [-0.2, 0) is 20.7 Å². The molecule has 0 fully saturated rings. The summed E-state index contributed by atoms with van der Waals surface area (Å²) in [7, 11) is 0. The van der Waals surface area contributed by atoms with Crippen LogP contribution in [0.2, 0.25) is 0 Å². The molecule has 2 aromatic carbocycles. The Morgan fingerprint density at radius 1 is 1.19 bits per heavy atom. The van der Waals surface area contributed by atoms with Gasteiger partial charge in [-0.05, 0) is 49.2 Å². The molecule has 1 amide bonds. The summed E-state index contributed by atoms with van der Waals surface area (Å²) in [6, 6.07) is 16.1. The first-order chi connectivity index (χ1) is 12.6. The van der Waals surface area contributed by atoms with E-state index in [1.54, 1.807) is 36.1 Å². The largest absolute Gasteiger partial charge is 0.479 e. The summed E-state index contributed by atoms with van der Waals surface area (Å²) in [6.07, 6.45) is -0.0600. The van der Waals surface area contributed by atoms with E-state index in [4.69, 9.17) is 14.7 Å². The molecule has 0 spiro atoms. The maximum absolute atomic E-state index is 12.3. The van der Waals surface area contributed by atoms with E-state index in [-0.39, 0.29) is 12.5 Å². The number of amides is 1. The first-order valence-corrected chi connectivity index (χ1v) is 8.30. The van der Waals surface area contributed by atoms with Crippen LogP contribution in [0.15, 0.2) is 48.5 Å². The van der Waals surface area contributed by atoms with Crippen molar-refractivity contribution in [1.82, 2.24) is 0 Å². The highest BCUT2D eigenvalue weighted by atomic mass is 16.6. The van der Waals surface area contributed by atoms with Gasteiger partial charge in [-0.15, -0.1) is 0 Å². The molecule has 0 saturated heterocycles. The minimum atomic E-state index is -0.860. The second kappa shape index (κ2) is 7.70. The highest BCUT2D eigenvalue weighted by Crippen LogP contribution is 2.27. The van der Waals surface area contributed by atoms with Crippen LogP contribution in [0.3, 0.4) is 0 Å². The van der Waals surface area contributed by atoms with Gasteiger partial charge in [0, 0.05) is 12.2 Å². The van der Waals surface area contributed by atoms with Crippen molar-refractivity contribution in [2.75, 3.05) is 18.1 Å². The molecular formula is C20H18N2O4. The first kappa shape index (κ1) is 17.5. The molecule has 0 N–H and O–H groups in total. The van der Waals surface area contributed by atoms with Crippen LogP contribution in [0.4, 0.5) is 5.69 Å². The smallest absolute Gasteiger partial charge is 0.347 e. The Balaban J connectivity index is 1.52. The molecule has 3 rings (SSSR count). The minimum absolute atomic E-state index is 0.256. The Morgan fingerprint density at radius 2 is 1.92 bits per heavy atom. The number of fused-ring (bicyclic) bond motifs is 1. The average Bonchev–Trinajstić information content (AvgIpc) is 3.10. The zero-order valence-electron chi connectivity index (χ0n) is 14.3. The third kappa shape index (κ3) is 3.83. The van der Waals surface area contributed by atoms with E-state index >= 15 is 0 Å². The predicted molar refractivity (Wildman–Crippen MR) is 94.7 cm³/mol. The highest BCUT2D eigenvalue weighted by molar-refractivity contribution is 5.97. The first-order valence-electron chi connectivity index (χ1n) is 8.30. The quantitative estimate of drug-likeness (QED) is 0.774. The fraction of sp³-hybridized carbons (Fsp3) is 0.250. The fourth-order valence-electron chi connectivity index (χ4n) is 2.79. The van der Waals surface area contributed by atoms with Crippen molar-refractivity contribution in [3.63, 3.8) is 0 Å². The van der Waals surface area contributed by atoms with E-state index in [0.717, 1.165) is 17.7 Å². The van der Waals surface area contributed by atoms with Crippen LogP contribution >= 0.6 is 0 Å². The number of para-hydroxylation sites is 1. The summed E-state index contributed by atoms with van der Waals surface area (Å²) in [5.41, 5.74) is 2.49. The van der Waals surface area contributed by atoms with Crippen molar-refractivity contribution in [2.24, 2.45) is 0 Å². The molecule has 1 aliphatic rings. The van der Waals surface area contributed by atoms with Crippen molar-refractivity contribution >= 4 is 17.6 Å². The molecule has 0 unspecified atom stereocenters. The molecule has 132 valence electrons. The van der Waals surface area contributed by atoms with Gasteiger partial charge in [0.1, 0.15) is 5.75 Å². The number of hydrogen-bond donors (Lipinski definition) is 0. The fourth-order valence-corrected chi connectivity index (χ4v) is 2.79. The van der Waals surface area contributed by atoms with Crippen molar-refractivity contribution in [3.05, 3.63) is 59.7 Å². The van der Waals surface area contributed by atoms with Gasteiger partial charge in [0.15, 0.2) is 12.7 Å². The second-order valence-electron chi connectivity index (χ2n) is 5.93. The standard InChI is InChI=1S/C20H18N2O4/c1-14(26-17-8-6-15(12-21)7-9-17)20(24)25-13-19(23)22-11-10-16-4-2-3-5-18(16)22/h2-9,14H,10-11,13H2,1H3/t14-/m0/s1. The molecule has 0 aliphatic carbocycles. The summed E-state index contributed by atoms with van der Waals surface area (Å²) in [4.78, 5) is 26.0. The van der Waals surface area contributed by atoms with Crippen molar-refractivity contribution in [1.29, 1.82) is 5.26 Å². The number of rotatable bonds is 5. The molecule has 0 radical (unpaired) electrons. The van der Waals surface area contributed by atoms with Crippen molar-refractivity contribution in [3.8, 4) is 11.8 Å². The topological polar surface area (TPSA) is 79.6 Å². The second-order valence-corrected chi connectivity index (χ2v) is 5.93. The van der Waals surface area contributed by atoms with Gasteiger partial charge >= 0.3 is 5.97 Å². The molecule has 2 aromatic rings. The molecule has 6 nitrogen and oxygen atoms in total. The molecule has 1 aliphatic heterocycles. The van der Waals surface area contributed by atoms with Crippen LogP contribution in [0, 0.1) is 11.3 Å². The number of ether oxygens (including phenoxy) is 2. The van der Waals surface area contributed by atoms with Crippen LogP contribution in [0.1, 0.15) is 18.1 Å². The summed E-state index contributed by atoms with van der Waals surface area (Å²) in [5.74, 6) is -0.419. The number of hydrogen-bond acceptors (Lipinski definition) is 5. The number of carbonyl (C=O) groups is 2. The molecule has 0 saturated carbocycles. The van der Waals surface area contributed by atoms with Gasteiger partial charge in [0.05, 0.1) is 11.6 Å². The van der Waals surface area contributed by atoms with Crippen LogP contribution in [0.5, 0.6) is 5.75 Å². The lowest BCUT2D eigenvalue weighted by Crippen LogP contribution is -2.35. The molecular weight excluding hydrogens is 332 g/mol. The summed E-state index contributed by atoms with van der Waals surface area (Å²) in [5, 5.41) is 8.77. The molecule has 1 heterocycles. The van der Waals surface area contributed by atoms with E-state index in [2.05, 4.69) is 0 Å². The average molecular weight is 350 g/mol. The van der Waals surface area contributed by atoms with E-state index < -0.39 is 12.1 Å². The van der Waals surface area contributed by atoms with E-state index in [1.165, 1.54) is 0 Å². The lowest BCUT2D eigenvalue weighted by Gasteiger charge is -2.18. The molecule has 1 atom stereocenters. The zero-order chi connectivity index (χ0) is 18.5. The van der Waals surface area contributed by atoms with Gasteiger partial charge < -0.3 is 14.4 Å². The van der Waals surface area contributed by atoms with Gasteiger partial charge in [-0.2, -0.15) is 5.26 Å². The maximum Gasteiger partial charge on any atom is 0.347 e. The van der Waals surface area contributed by atoms with Crippen LogP contribution in [-0.4, -0.2) is 31.1 Å². The summed E-state index contributed by atoms with van der Waals surface area (Å²) in [6.45, 7) is 1.82. The third-order valence-electron chi connectivity index (χ3n) is 4.15. The van der Waals surface area contributed by atoms with Crippen LogP contribution < -0.4 is 9.64 Å². The Hall–Kier alpha value is -3.33. The van der Waals surface area contributed by atoms with Crippen LogP contribution in [0.25, 0.3) is 0 Å². The lowest BCUT2D eigenvalue weighted by atomic mass is 10.2. The van der Waals surface area contributed by atoms with E-state index in [0.29, 0.717) is 17.9 Å². The minimum Gasteiger partial charge on any atom is -0.479 e. The monoisotopic (exact) mass is 350 g/mol. The summed E-state index contributed by atoms with van der Waals surface area (Å²) >= 11 is 0. The van der Waals surface area contributed by atoms with Gasteiger partial charge in [-0.25, -0.2) is 4.79 Å². The number of benzene rings is 2. The number of carbonyl (C=O) groups excluding carboxylic acids is 2. The molecule has 0 aromatic heterocycles. The predicted octanol–water partition coefficient (Wildman–Crippen LogP) is 2.46. The van der Waals surface area contributed by atoms with Gasteiger partial charge in [-0.1, -0.05) is 18.2 Å². The number of nitrogens with zero attached hydrogens (tertiary/aromatic N) is 2. The molecule has 0 bridgehead atoms. The van der Waals surface area contributed by atoms with E-state index in [9.17, 15) is 9.59 Å². The maximum atomic E-state index is 12.3. The SMILES string of the molecule is C[C@H](Oc1ccc(C#N)cc1)C(=O)OCC(=O)N1CCc2ccccc21. The normalized spacial score (nSPS) is 13.5. The third-order valence-corrected chi connectivity index (χ3v) is 4.15. The van der Waals surface area contributed by atoms with Crippen molar-refractivity contribution in [2.45, 2.75) is 19.4 Å². The van der Waals surface area contributed by atoms with Gasteiger partial charge in [0.25, 0.3) is 5.91 Å². The van der Waals surface area contributed by atoms with Crippen molar-refractivity contribution < 1.29 is 19.1 Å².